The summed E-state index contributed by atoms with van der Waals surface area (Å²) in [5.41, 5.74) is 1.44. The van der Waals surface area contributed by atoms with Crippen molar-refractivity contribution in [2.75, 3.05) is 6.54 Å². The van der Waals surface area contributed by atoms with Gasteiger partial charge in [0, 0.05) is 18.7 Å². The largest absolute Gasteiger partial charge is 0.354 e. The fraction of sp³-hybridized carbons (Fsp3) is 0.333. The van der Waals surface area contributed by atoms with Crippen molar-refractivity contribution in [2.45, 2.75) is 31.8 Å². The topological polar surface area (TPSA) is 49.4 Å². The van der Waals surface area contributed by atoms with Gasteiger partial charge in [-0.3, -0.25) is 9.59 Å². The molecule has 0 aliphatic carbocycles. The van der Waals surface area contributed by atoms with Crippen LogP contribution in [-0.2, 0) is 11.3 Å². The standard InChI is InChI=1S/C18H18Cl2N2O2S/c19-14-5-4-13(9-15(14)20)18(24)22(10-12-6-8-25-11-12)16-3-1-2-7-21-17(16)23/h4-6,8-9,11,16H,1-3,7,10H2,(H,21,23). The van der Waals surface area contributed by atoms with Crippen LogP contribution in [0.4, 0.5) is 0 Å². The van der Waals surface area contributed by atoms with Gasteiger partial charge in [0.05, 0.1) is 10.0 Å². The first kappa shape index (κ1) is 18.2. The third kappa shape index (κ3) is 4.35. The Bertz CT molecular complexity index is 764. The molecule has 0 bridgehead atoms. The first-order valence-electron chi connectivity index (χ1n) is 8.11. The summed E-state index contributed by atoms with van der Waals surface area (Å²) in [6.07, 6.45) is 2.48. The van der Waals surface area contributed by atoms with Gasteiger partial charge in [0.2, 0.25) is 5.91 Å². The molecular weight excluding hydrogens is 379 g/mol. The van der Waals surface area contributed by atoms with E-state index in [1.54, 1.807) is 34.4 Å². The summed E-state index contributed by atoms with van der Waals surface area (Å²) in [5.74, 6) is -0.312. The van der Waals surface area contributed by atoms with Crippen LogP contribution < -0.4 is 5.32 Å². The predicted molar refractivity (Wildman–Crippen MR) is 101 cm³/mol. The number of hydrogen-bond donors (Lipinski definition) is 1. The highest BCUT2D eigenvalue weighted by Gasteiger charge is 2.31. The van der Waals surface area contributed by atoms with Gasteiger partial charge < -0.3 is 10.2 Å². The van der Waals surface area contributed by atoms with Crippen molar-refractivity contribution in [3.63, 3.8) is 0 Å². The zero-order chi connectivity index (χ0) is 17.8. The molecule has 1 aromatic heterocycles. The summed E-state index contributed by atoms with van der Waals surface area (Å²) >= 11 is 13.6. The maximum absolute atomic E-state index is 13.1. The predicted octanol–water partition coefficient (Wildman–Crippen LogP) is 4.37. The second-order valence-electron chi connectivity index (χ2n) is 6.00. The lowest BCUT2D eigenvalue weighted by atomic mass is 10.1. The second kappa shape index (κ2) is 8.21. The zero-order valence-electron chi connectivity index (χ0n) is 13.5. The van der Waals surface area contributed by atoms with Crippen LogP contribution in [0.3, 0.4) is 0 Å². The number of carbonyl (C=O) groups excluding carboxylic acids is 2. The third-order valence-electron chi connectivity index (χ3n) is 4.24. The Labute approximate surface area is 160 Å². The molecule has 7 heteroatoms. The van der Waals surface area contributed by atoms with Crippen LogP contribution in [-0.4, -0.2) is 29.3 Å². The van der Waals surface area contributed by atoms with Gasteiger partial charge in [0.1, 0.15) is 6.04 Å². The average molecular weight is 397 g/mol. The van der Waals surface area contributed by atoms with Gasteiger partial charge in [0.25, 0.3) is 5.91 Å². The minimum absolute atomic E-state index is 0.0962. The van der Waals surface area contributed by atoms with Gasteiger partial charge in [-0.05, 0) is 59.9 Å². The summed E-state index contributed by atoms with van der Waals surface area (Å²) in [4.78, 5) is 27.3. The lowest BCUT2D eigenvalue weighted by Gasteiger charge is -2.30. The Morgan fingerprint density at radius 3 is 2.80 bits per heavy atom. The van der Waals surface area contributed by atoms with Crippen molar-refractivity contribution in [2.24, 2.45) is 0 Å². The summed E-state index contributed by atoms with van der Waals surface area (Å²) in [6.45, 7) is 1.04. The van der Waals surface area contributed by atoms with Crippen molar-refractivity contribution in [3.05, 3.63) is 56.2 Å². The van der Waals surface area contributed by atoms with Crippen molar-refractivity contribution >= 4 is 46.4 Å². The first-order valence-corrected chi connectivity index (χ1v) is 9.81. The van der Waals surface area contributed by atoms with E-state index in [0.717, 1.165) is 18.4 Å². The van der Waals surface area contributed by atoms with Crippen LogP contribution in [0.1, 0.15) is 35.2 Å². The molecule has 1 aliphatic rings. The number of hydrogen-bond acceptors (Lipinski definition) is 3. The molecule has 132 valence electrons. The molecular formula is C18H18Cl2N2O2S. The maximum Gasteiger partial charge on any atom is 0.254 e. The molecule has 1 aliphatic heterocycles. The van der Waals surface area contributed by atoms with E-state index in [1.807, 2.05) is 16.8 Å². The van der Waals surface area contributed by atoms with Gasteiger partial charge in [-0.2, -0.15) is 11.3 Å². The molecule has 3 rings (SSSR count). The van der Waals surface area contributed by atoms with Gasteiger partial charge in [-0.15, -0.1) is 0 Å². The molecule has 1 fully saturated rings. The number of rotatable bonds is 4. The summed E-state index contributed by atoms with van der Waals surface area (Å²) in [5, 5.41) is 7.58. The molecule has 0 spiro atoms. The molecule has 0 saturated carbocycles. The molecule has 1 atom stereocenters. The van der Waals surface area contributed by atoms with Crippen LogP contribution in [0.15, 0.2) is 35.0 Å². The zero-order valence-corrected chi connectivity index (χ0v) is 15.8. The van der Waals surface area contributed by atoms with E-state index in [0.29, 0.717) is 35.1 Å². The Kier molecular flexibility index (Phi) is 5.99. The molecule has 2 aromatic rings. The average Bonchev–Trinajstić information content (AvgIpc) is 3.02. The Balaban J connectivity index is 1.92. The van der Waals surface area contributed by atoms with Crippen LogP contribution in [0.25, 0.3) is 0 Å². The van der Waals surface area contributed by atoms with E-state index in [9.17, 15) is 9.59 Å². The third-order valence-corrected chi connectivity index (χ3v) is 5.71. The van der Waals surface area contributed by atoms with E-state index >= 15 is 0 Å². The van der Waals surface area contributed by atoms with E-state index in [2.05, 4.69) is 5.32 Å². The van der Waals surface area contributed by atoms with Gasteiger partial charge in [0.15, 0.2) is 0 Å². The number of halogens is 2. The lowest BCUT2D eigenvalue weighted by molar-refractivity contribution is -0.125. The van der Waals surface area contributed by atoms with Crippen molar-refractivity contribution in [3.8, 4) is 0 Å². The lowest BCUT2D eigenvalue weighted by Crippen LogP contribution is -2.48. The number of carbonyl (C=O) groups is 2. The van der Waals surface area contributed by atoms with Crippen LogP contribution >= 0.6 is 34.5 Å². The Morgan fingerprint density at radius 1 is 1.24 bits per heavy atom. The molecule has 2 amide bonds. The van der Waals surface area contributed by atoms with Crippen molar-refractivity contribution in [1.82, 2.24) is 10.2 Å². The minimum atomic E-state index is -0.482. The maximum atomic E-state index is 13.1. The highest BCUT2D eigenvalue weighted by molar-refractivity contribution is 7.07. The van der Waals surface area contributed by atoms with E-state index in [-0.39, 0.29) is 11.8 Å². The first-order chi connectivity index (χ1) is 12.1. The van der Waals surface area contributed by atoms with Gasteiger partial charge >= 0.3 is 0 Å². The SMILES string of the molecule is O=C1NCCCCC1N(Cc1ccsc1)C(=O)c1ccc(Cl)c(Cl)c1. The number of amides is 2. The Morgan fingerprint density at radius 2 is 2.08 bits per heavy atom. The molecule has 1 aromatic carbocycles. The highest BCUT2D eigenvalue weighted by atomic mass is 35.5. The molecule has 2 heterocycles. The number of benzene rings is 1. The van der Waals surface area contributed by atoms with E-state index in [4.69, 9.17) is 23.2 Å². The summed E-state index contributed by atoms with van der Waals surface area (Å²) in [6, 6.07) is 6.29. The van der Waals surface area contributed by atoms with Crippen molar-refractivity contribution in [1.29, 1.82) is 0 Å². The molecule has 0 radical (unpaired) electrons. The monoisotopic (exact) mass is 396 g/mol. The van der Waals surface area contributed by atoms with E-state index < -0.39 is 6.04 Å². The summed E-state index contributed by atoms with van der Waals surface area (Å²) in [7, 11) is 0. The number of nitrogens with zero attached hydrogens (tertiary/aromatic N) is 1. The quantitative estimate of drug-likeness (QED) is 0.833. The van der Waals surface area contributed by atoms with Gasteiger partial charge in [-0.25, -0.2) is 0 Å². The van der Waals surface area contributed by atoms with Crippen LogP contribution in [0.5, 0.6) is 0 Å². The van der Waals surface area contributed by atoms with Crippen molar-refractivity contribution < 1.29 is 9.59 Å². The molecule has 1 saturated heterocycles. The normalized spacial score (nSPS) is 17.7. The number of nitrogens with one attached hydrogen (secondary N) is 1. The molecule has 1 N–H and O–H groups in total. The minimum Gasteiger partial charge on any atom is -0.354 e. The van der Waals surface area contributed by atoms with E-state index in [1.165, 1.54) is 0 Å². The molecule has 1 unspecified atom stereocenters. The smallest absolute Gasteiger partial charge is 0.254 e. The fourth-order valence-corrected chi connectivity index (χ4v) is 3.88. The molecule has 25 heavy (non-hydrogen) atoms. The second-order valence-corrected chi connectivity index (χ2v) is 7.59. The van der Waals surface area contributed by atoms with Crippen LogP contribution in [0.2, 0.25) is 10.0 Å². The molecule has 4 nitrogen and oxygen atoms in total. The Hall–Kier alpha value is -1.56. The van der Waals surface area contributed by atoms with Crippen LogP contribution in [0, 0.1) is 0 Å². The highest BCUT2D eigenvalue weighted by Crippen LogP contribution is 2.25. The number of thiophene rings is 1. The van der Waals surface area contributed by atoms with Gasteiger partial charge in [-0.1, -0.05) is 23.2 Å². The summed E-state index contributed by atoms with van der Waals surface area (Å²) < 4.78 is 0. The fourth-order valence-electron chi connectivity index (χ4n) is 2.92.